The van der Waals surface area contributed by atoms with E-state index in [0.717, 1.165) is 5.69 Å². The summed E-state index contributed by atoms with van der Waals surface area (Å²) in [5.74, 6) is 0.694. The highest BCUT2D eigenvalue weighted by molar-refractivity contribution is 5.64. The summed E-state index contributed by atoms with van der Waals surface area (Å²) in [5.41, 5.74) is 8.87. The van der Waals surface area contributed by atoms with Gasteiger partial charge in [-0.05, 0) is 13.0 Å². The number of nitrogens with zero attached hydrogens (tertiary/aromatic N) is 4. The Morgan fingerprint density at radius 1 is 1.44 bits per heavy atom. The van der Waals surface area contributed by atoms with E-state index in [4.69, 9.17) is 10.5 Å². The van der Waals surface area contributed by atoms with Crippen LogP contribution in [0.3, 0.4) is 0 Å². The molecule has 2 aliphatic heterocycles. The van der Waals surface area contributed by atoms with Crippen LogP contribution in [0.5, 0.6) is 0 Å². The number of anilines is 2. The van der Waals surface area contributed by atoms with Gasteiger partial charge in [-0.1, -0.05) is 0 Å². The molecule has 5 atom stereocenters. The second-order valence-corrected chi connectivity index (χ2v) is 6.32. The van der Waals surface area contributed by atoms with Crippen molar-refractivity contribution < 1.29 is 20.1 Å². The Labute approximate surface area is 142 Å². The number of H-pyrrole nitrogens is 1. The molecule has 1 fully saturated rings. The molecule has 0 aromatic carbocycles. The number of nitrogens with two attached hydrogens (primary N) is 1. The monoisotopic (exact) mass is 349 g/mol. The number of aliphatic hydroxyl groups excluding tert-OH is 2. The van der Waals surface area contributed by atoms with Crippen LogP contribution in [0.1, 0.15) is 24.2 Å². The van der Waals surface area contributed by atoms with Crippen molar-refractivity contribution in [3.05, 3.63) is 29.8 Å². The average Bonchev–Trinajstić information content (AvgIpc) is 3.27. The number of nitrogen functional groups attached to an aromatic ring is 1. The Morgan fingerprint density at radius 2 is 2.24 bits per heavy atom. The normalized spacial score (nSPS) is 34.5. The number of rotatable bonds is 3. The SMILES string of the molecule is CC1(O)C(O)C(CO)OC1N1NC(c2ccn[nH]2)c2c(N)ncnc21. The van der Waals surface area contributed by atoms with E-state index in [0.29, 0.717) is 11.4 Å². The van der Waals surface area contributed by atoms with Gasteiger partial charge in [0.25, 0.3) is 0 Å². The van der Waals surface area contributed by atoms with Crippen LogP contribution in [0, 0.1) is 0 Å². The second kappa shape index (κ2) is 5.61. The average molecular weight is 349 g/mol. The third-order valence-electron chi connectivity index (χ3n) is 4.68. The zero-order chi connectivity index (χ0) is 17.8. The van der Waals surface area contributed by atoms with Gasteiger partial charge < -0.3 is 25.8 Å². The zero-order valence-electron chi connectivity index (χ0n) is 13.4. The third-order valence-corrected chi connectivity index (χ3v) is 4.68. The number of aliphatic hydroxyl groups is 3. The van der Waals surface area contributed by atoms with Crippen molar-refractivity contribution in [2.75, 3.05) is 17.3 Å². The summed E-state index contributed by atoms with van der Waals surface area (Å²) >= 11 is 0. The minimum atomic E-state index is -1.65. The van der Waals surface area contributed by atoms with E-state index < -0.39 is 36.7 Å². The molecule has 0 amide bonds. The second-order valence-electron chi connectivity index (χ2n) is 6.32. The molecule has 0 radical (unpaired) electrons. The molecule has 11 nitrogen and oxygen atoms in total. The summed E-state index contributed by atoms with van der Waals surface area (Å²) in [6, 6.07) is 1.35. The van der Waals surface area contributed by atoms with Crippen LogP contribution in [-0.2, 0) is 4.74 Å². The molecule has 5 unspecified atom stereocenters. The standard InChI is InChI=1S/C14H19N7O4/c1-14(24)10(23)7(4-22)25-13(14)21-12-8(11(15)16-5-17-12)9(20-21)6-2-3-18-19-6/h2-3,5,7,9-10,13,20,22-24H,4H2,1H3,(H,18,19)(H2,15,16,17). The van der Waals surface area contributed by atoms with Crippen molar-refractivity contribution in [3.63, 3.8) is 0 Å². The maximum atomic E-state index is 10.7. The van der Waals surface area contributed by atoms with Crippen molar-refractivity contribution >= 4 is 11.6 Å². The fourth-order valence-corrected chi connectivity index (χ4v) is 3.33. The highest BCUT2D eigenvalue weighted by Gasteiger charge is 2.56. The molecule has 25 heavy (non-hydrogen) atoms. The first-order chi connectivity index (χ1) is 11.9. The van der Waals surface area contributed by atoms with Crippen LogP contribution in [0.25, 0.3) is 0 Å². The number of ether oxygens (including phenoxy) is 1. The lowest BCUT2D eigenvalue weighted by Crippen LogP contribution is -2.56. The van der Waals surface area contributed by atoms with E-state index in [1.807, 2.05) is 0 Å². The highest BCUT2D eigenvalue weighted by Crippen LogP contribution is 2.42. The van der Waals surface area contributed by atoms with E-state index in [9.17, 15) is 15.3 Å². The maximum absolute atomic E-state index is 10.7. The van der Waals surface area contributed by atoms with E-state index >= 15 is 0 Å². The van der Waals surface area contributed by atoms with Crippen molar-refractivity contribution in [2.45, 2.75) is 37.0 Å². The van der Waals surface area contributed by atoms with Gasteiger partial charge in [-0.3, -0.25) is 10.1 Å². The van der Waals surface area contributed by atoms with Crippen LogP contribution in [-0.4, -0.2) is 66.1 Å². The topological polar surface area (TPSA) is 166 Å². The molecule has 11 heteroatoms. The fraction of sp³-hybridized carbons (Fsp3) is 0.500. The summed E-state index contributed by atoms with van der Waals surface area (Å²) in [4.78, 5) is 8.28. The molecule has 0 bridgehead atoms. The van der Waals surface area contributed by atoms with Crippen molar-refractivity contribution in [1.82, 2.24) is 25.6 Å². The van der Waals surface area contributed by atoms with Gasteiger partial charge in [0.05, 0.1) is 17.9 Å². The predicted octanol–water partition coefficient (Wildman–Crippen LogP) is -1.97. The largest absolute Gasteiger partial charge is 0.394 e. The number of hydrogen-bond acceptors (Lipinski definition) is 10. The van der Waals surface area contributed by atoms with E-state index in [1.165, 1.54) is 18.3 Å². The lowest BCUT2D eigenvalue weighted by Gasteiger charge is -2.34. The van der Waals surface area contributed by atoms with Gasteiger partial charge in [0, 0.05) is 6.20 Å². The Bertz CT molecular complexity index is 769. The number of nitrogens with one attached hydrogen (secondary N) is 2. The fourth-order valence-electron chi connectivity index (χ4n) is 3.33. The maximum Gasteiger partial charge on any atom is 0.177 e. The van der Waals surface area contributed by atoms with Crippen LogP contribution in [0.2, 0.25) is 0 Å². The number of fused-ring (bicyclic) bond motifs is 1. The minimum absolute atomic E-state index is 0.275. The smallest absolute Gasteiger partial charge is 0.177 e. The van der Waals surface area contributed by atoms with Crippen molar-refractivity contribution in [3.8, 4) is 0 Å². The summed E-state index contributed by atoms with van der Waals surface area (Å²) < 4.78 is 5.67. The molecule has 1 saturated heterocycles. The first kappa shape index (κ1) is 16.2. The number of hydrogen-bond donors (Lipinski definition) is 6. The molecular weight excluding hydrogens is 330 g/mol. The molecule has 134 valence electrons. The Kier molecular flexibility index (Phi) is 3.63. The molecule has 2 aromatic heterocycles. The van der Waals surface area contributed by atoms with Gasteiger partial charge >= 0.3 is 0 Å². The number of hydrazine groups is 1. The minimum Gasteiger partial charge on any atom is -0.394 e. The molecule has 0 spiro atoms. The molecular formula is C14H19N7O4. The highest BCUT2D eigenvalue weighted by atomic mass is 16.6. The number of aromatic amines is 1. The van der Waals surface area contributed by atoms with Gasteiger partial charge in [-0.15, -0.1) is 0 Å². The molecule has 4 heterocycles. The summed E-state index contributed by atoms with van der Waals surface area (Å²) in [6.45, 7) is 1.01. The third kappa shape index (κ3) is 2.28. The van der Waals surface area contributed by atoms with Gasteiger partial charge in [0.15, 0.2) is 12.0 Å². The van der Waals surface area contributed by atoms with Crippen LogP contribution >= 0.6 is 0 Å². The van der Waals surface area contributed by atoms with Gasteiger partial charge in [-0.2, -0.15) is 5.10 Å². The van der Waals surface area contributed by atoms with E-state index in [-0.39, 0.29) is 5.82 Å². The van der Waals surface area contributed by atoms with E-state index in [1.54, 1.807) is 12.3 Å². The van der Waals surface area contributed by atoms with Crippen molar-refractivity contribution in [2.24, 2.45) is 0 Å². The zero-order valence-corrected chi connectivity index (χ0v) is 13.4. The van der Waals surface area contributed by atoms with Crippen molar-refractivity contribution in [1.29, 1.82) is 0 Å². The van der Waals surface area contributed by atoms with Crippen LogP contribution < -0.4 is 16.2 Å². The van der Waals surface area contributed by atoms with Gasteiger partial charge in [0.2, 0.25) is 0 Å². The summed E-state index contributed by atoms with van der Waals surface area (Å²) in [6.07, 6.45) is -0.274. The quantitative estimate of drug-likeness (QED) is 0.366. The van der Waals surface area contributed by atoms with Gasteiger partial charge in [0.1, 0.15) is 36.0 Å². The summed E-state index contributed by atoms with van der Waals surface area (Å²) in [7, 11) is 0. The molecule has 7 N–H and O–H groups in total. The van der Waals surface area contributed by atoms with E-state index in [2.05, 4.69) is 25.6 Å². The predicted molar refractivity (Wildman–Crippen MR) is 84.9 cm³/mol. The molecule has 4 rings (SSSR count). The Morgan fingerprint density at radius 3 is 2.88 bits per heavy atom. The molecule has 0 saturated carbocycles. The first-order valence-corrected chi connectivity index (χ1v) is 7.77. The van der Waals surface area contributed by atoms with Crippen LogP contribution in [0.4, 0.5) is 11.6 Å². The molecule has 2 aliphatic rings. The lowest BCUT2D eigenvalue weighted by molar-refractivity contribution is -0.0665. The molecule has 0 aliphatic carbocycles. The lowest BCUT2D eigenvalue weighted by atomic mass is 9.96. The summed E-state index contributed by atoms with van der Waals surface area (Å²) in [5, 5.41) is 38.6. The number of aromatic nitrogens is 4. The first-order valence-electron chi connectivity index (χ1n) is 7.77. The van der Waals surface area contributed by atoms with Gasteiger partial charge in [-0.25, -0.2) is 15.4 Å². The van der Waals surface area contributed by atoms with Crippen LogP contribution in [0.15, 0.2) is 18.6 Å². The Hall–Kier alpha value is -2.31. The Balaban J connectivity index is 1.77. The molecule has 2 aromatic rings.